The van der Waals surface area contributed by atoms with E-state index in [9.17, 15) is 13.6 Å². The molecule has 0 aliphatic carbocycles. The highest BCUT2D eigenvalue weighted by Gasteiger charge is 2.28. The van der Waals surface area contributed by atoms with Crippen molar-refractivity contribution in [3.05, 3.63) is 34.3 Å². The second kappa shape index (κ2) is 5.36. The Morgan fingerprint density at radius 2 is 2.06 bits per heavy atom. The molecule has 0 saturated heterocycles. The lowest BCUT2D eigenvalue weighted by atomic mass is 10.2. The zero-order valence-electron chi connectivity index (χ0n) is 8.21. The highest BCUT2D eigenvalue weighted by molar-refractivity contribution is 9.10. The lowest BCUT2D eigenvalue weighted by Gasteiger charge is -2.14. The Labute approximate surface area is 99.6 Å². The maximum absolute atomic E-state index is 12.7. The summed E-state index contributed by atoms with van der Waals surface area (Å²) in [5.41, 5.74) is 0.274. The van der Waals surface area contributed by atoms with Crippen LogP contribution in [0.4, 0.5) is 8.78 Å². The molecule has 2 N–H and O–H groups in total. The van der Waals surface area contributed by atoms with Gasteiger partial charge in [0.2, 0.25) is 0 Å². The van der Waals surface area contributed by atoms with E-state index in [4.69, 9.17) is 5.11 Å². The summed E-state index contributed by atoms with van der Waals surface area (Å²) in [5, 5.41) is 10.4. The molecule has 1 rings (SSSR count). The number of aliphatic hydroxyl groups is 1. The van der Waals surface area contributed by atoms with Crippen molar-refractivity contribution in [3.63, 3.8) is 0 Å². The molecule has 6 heteroatoms. The van der Waals surface area contributed by atoms with Gasteiger partial charge in [-0.15, -0.1) is 0 Å². The minimum atomic E-state index is -3.29. The Kier molecular flexibility index (Phi) is 4.37. The first-order valence-electron chi connectivity index (χ1n) is 4.48. The zero-order valence-corrected chi connectivity index (χ0v) is 9.80. The van der Waals surface area contributed by atoms with Gasteiger partial charge in [0, 0.05) is 4.47 Å². The van der Waals surface area contributed by atoms with Crippen molar-refractivity contribution in [2.45, 2.75) is 5.92 Å². The van der Waals surface area contributed by atoms with Crippen LogP contribution >= 0.6 is 15.9 Å². The molecule has 88 valence electrons. The Hall–Kier alpha value is -1.01. The topological polar surface area (TPSA) is 49.3 Å². The molecule has 0 bridgehead atoms. The standard InChI is InChI=1S/C10H10BrF2NO2/c11-8-4-2-1-3-7(8)9(16)14-5-10(12,13)6-15/h1-4,15H,5-6H2,(H,14,16). The van der Waals surface area contributed by atoms with E-state index in [0.29, 0.717) is 4.47 Å². The van der Waals surface area contributed by atoms with Crippen molar-refractivity contribution in [2.24, 2.45) is 0 Å². The van der Waals surface area contributed by atoms with E-state index in [1.165, 1.54) is 6.07 Å². The summed E-state index contributed by atoms with van der Waals surface area (Å²) in [4.78, 5) is 11.5. The number of hydrogen-bond acceptors (Lipinski definition) is 2. The molecule has 1 aromatic rings. The maximum atomic E-state index is 12.7. The third-order valence-electron chi connectivity index (χ3n) is 1.86. The molecule has 0 saturated carbocycles. The molecular weight excluding hydrogens is 284 g/mol. The SMILES string of the molecule is O=C(NCC(F)(F)CO)c1ccccc1Br. The van der Waals surface area contributed by atoms with Crippen molar-refractivity contribution < 1.29 is 18.7 Å². The van der Waals surface area contributed by atoms with Gasteiger partial charge in [-0.1, -0.05) is 12.1 Å². The van der Waals surface area contributed by atoms with E-state index in [0.717, 1.165) is 0 Å². The average molecular weight is 294 g/mol. The van der Waals surface area contributed by atoms with Crippen LogP contribution < -0.4 is 5.32 Å². The van der Waals surface area contributed by atoms with Gasteiger partial charge in [-0.3, -0.25) is 4.79 Å². The summed E-state index contributed by atoms with van der Waals surface area (Å²) in [5.74, 6) is -3.91. The first-order chi connectivity index (χ1) is 7.46. The third kappa shape index (κ3) is 3.53. The summed E-state index contributed by atoms with van der Waals surface area (Å²) >= 11 is 3.14. The van der Waals surface area contributed by atoms with Gasteiger partial charge in [0.25, 0.3) is 11.8 Å². The van der Waals surface area contributed by atoms with Crippen molar-refractivity contribution in [3.8, 4) is 0 Å². The third-order valence-corrected chi connectivity index (χ3v) is 2.55. The second-order valence-electron chi connectivity index (χ2n) is 3.18. The summed E-state index contributed by atoms with van der Waals surface area (Å²) in [6, 6.07) is 6.49. The fourth-order valence-electron chi connectivity index (χ4n) is 1.01. The van der Waals surface area contributed by atoms with Gasteiger partial charge in [-0.05, 0) is 28.1 Å². The summed E-state index contributed by atoms with van der Waals surface area (Å²) in [6.45, 7) is -2.17. The van der Waals surface area contributed by atoms with Crippen LogP contribution in [0.3, 0.4) is 0 Å². The van der Waals surface area contributed by atoms with Gasteiger partial charge in [-0.2, -0.15) is 0 Å². The van der Waals surface area contributed by atoms with Gasteiger partial charge in [0.15, 0.2) is 0 Å². The molecule has 0 fully saturated rings. The number of alkyl halides is 2. The number of carbonyl (C=O) groups is 1. The Morgan fingerprint density at radius 3 is 2.62 bits per heavy atom. The smallest absolute Gasteiger partial charge is 0.287 e. The van der Waals surface area contributed by atoms with Crippen LogP contribution in [0.5, 0.6) is 0 Å². The molecule has 0 spiro atoms. The lowest BCUT2D eigenvalue weighted by Crippen LogP contribution is -2.39. The number of amides is 1. The molecule has 0 heterocycles. The van der Waals surface area contributed by atoms with Gasteiger partial charge in [0.1, 0.15) is 6.61 Å². The van der Waals surface area contributed by atoms with Crippen molar-refractivity contribution in [2.75, 3.05) is 13.2 Å². The van der Waals surface area contributed by atoms with Crippen LogP contribution in [0, 0.1) is 0 Å². The molecule has 0 aliphatic rings. The molecule has 3 nitrogen and oxygen atoms in total. The molecule has 1 aromatic carbocycles. The predicted octanol–water partition coefficient (Wildman–Crippen LogP) is 1.81. The van der Waals surface area contributed by atoms with Crippen molar-refractivity contribution in [1.82, 2.24) is 5.32 Å². The van der Waals surface area contributed by atoms with Crippen molar-refractivity contribution >= 4 is 21.8 Å². The van der Waals surface area contributed by atoms with Gasteiger partial charge in [0.05, 0.1) is 12.1 Å². The number of benzene rings is 1. The van der Waals surface area contributed by atoms with E-state index in [-0.39, 0.29) is 5.56 Å². The summed E-state index contributed by atoms with van der Waals surface area (Å²) in [6.07, 6.45) is 0. The van der Waals surface area contributed by atoms with Crippen molar-refractivity contribution in [1.29, 1.82) is 0 Å². The van der Waals surface area contributed by atoms with Crippen LogP contribution in [-0.4, -0.2) is 30.1 Å². The second-order valence-corrected chi connectivity index (χ2v) is 4.03. The Bertz CT molecular complexity index is 385. The van der Waals surface area contributed by atoms with E-state index in [1.54, 1.807) is 18.2 Å². The first-order valence-corrected chi connectivity index (χ1v) is 5.27. The summed E-state index contributed by atoms with van der Waals surface area (Å²) < 4.78 is 25.8. The Balaban J connectivity index is 2.64. The fourth-order valence-corrected chi connectivity index (χ4v) is 1.47. The molecule has 1 amide bonds. The molecule has 0 unspecified atom stereocenters. The molecule has 16 heavy (non-hydrogen) atoms. The number of nitrogens with one attached hydrogen (secondary N) is 1. The number of aliphatic hydroxyl groups excluding tert-OH is 1. The van der Waals surface area contributed by atoms with Crippen LogP contribution in [-0.2, 0) is 0 Å². The maximum Gasteiger partial charge on any atom is 0.287 e. The average Bonchev–Trinajstić information content (AvgIpc) is 2.27. The van der Waals surface area contributed by atoms with Gasteiger partial charge >= 0.3 is 0 Å². The monoisotopic (exact) mass is 293 g/mol. The zero-order chi connectivity index (χ0) is 12.2. The fraction of sp³-hybridized carbons (Fsp3) is 0.300. The van der Waals surface area contributed by atoms with Crippen LogP contribution in [0.25, 0.3) is 0 Å². The first kappa shape index (κ1) is 13.1. The van der Waals surface area contributed by atoms with Crippen LogP contribution in [0.1, 0.15) is 10.4 Å². The van der Waals surface area contributed by atoms with E-state index in [1.807, 2.05) is 0 Å². The number of hydrogen-bond donors (Lipinski definition) is 2. The molecule has 0 aromatic heterocycles. The number of halogens is 3. The van der Waals surface area contributed by atoms with E-state index >= 15 is 0 Å². The largest absolute Gasteiger partial charge is 0.390 e. The van der Waals surface area contributed by atoms with Crippen LogP contribution in [0.15, 0.2) is 28.7 Å². The highest BCUT2D eigenvalue weighted by atomic mass is 79.9. The van der Waals surface area contributed by atoms with E-state index in [2.05, 4.69) is 21.2 Å². The van der Waals surface area contributed by atoms with Gasteiger partial charge < -0.3 is 10.4 Å². The molecule has 0 atom stereocenters. The minimum Gasteiger partial charge on any atom is -0.390 e. The summed E-state index contributed by atoms with van der Waals surface area (Å²) in [7, 11) is 0. The van der Waals surface area contributed by atoms with E-state index < -0.39 is 25.0 Å². The van der Waals surface area contributed by atoms with Crippen LogP contribution in [0.2, 0.25) is 0 Å². The molecular formula is C10H10BrF2NO2. The quantitative estimate of drug-likeness (QED) is 0.889. The Morgan fingerprint density at radius 1 is 1.44 bits per heavy atom. The number of carbonyl (C=O) groups excluding carboxylic acids is 1. The minimum absolute atomic E-state index is 0.274. The number of rotatable bonds is 4. The molecule has 0 radical (unpaired) electrons. The normalized spacial score (nSPS) is 11.2. The predicted molar refractivity (Wildman–Crippen MR) is 58.5 cm³/mol. The van der Waals surface area contributed by atoms with Gasteiger partial charge in [-0.25, -0.2) is 8.78 Å². The molecule has 0 aliphatic heterocycles. The lowest BCUT2D eigenvalue weighted by molar-refractivity contribution is -0.0462. The highest BCUT2D eigenvalue weighted by Crippen LogP contribution is 2.16.